The van der Waals surface area contributed by atoms with E-state index >= 15 is 0 Å². The topological polar surface area (TPSA) is 0 Å². The number of benzene rings is 1. The van der Waals surface area contributed by atoms with Crippen LogP contribution in [-0.4, -0.2) is 8.86 Å². The summed E-state index contributed by atoms with van der Waals surface area (Å²) in [4.78, 5) is 0. The van der Waals surface area contributed by atoms with Crippen molar-refractivity contribution < 1.29 is 0 Å². The summed E-state index contributed by atoms with van der Waals surface area (Å²) < 4.78 is 4.86. The van der Waals surface area contributed by atoms with Crippen LogP contribution >= 0.6 is 19.8 Å². The van der Waals surface area contributed by atoms with Crippen LogP contribution in [0.1, 0.15) is 142 Å². The molecule has 0 radical (unpaired) electrons. The number of unbranched alkanes of at least 4 members (excludes halogenated alkanes) is 18. The number of hydrogen-bond donors (Lipinski definition) is 0. The first-order valence-electron chi connectivity index (χ1n) is 14.0. The van der Waals surface area contributed by atoms with Crippen LogP contribution in [0.25, 0.3) is 0 Å². The number of hydrogen-bond acceptors (Lipinski definition) is 0. The zero-order chi connectivity index (χ0) is 22.2. The fourth-order valence-electron chi connectivity index (χ4n) is 4.39. The van der Waals surface area contributed by atoms with Crippen LogP contribution in [0, 0.1) is 3.57 Å². The molecule has 0 N–H and O–H groups in total. The Hall–Kier alpha value is -0.0500. The summed E-state index contributed by atoms with van der Waals surface area (Å²) in [5, 5.41) is 0. The van der Waals surface area contributed by atoms with E-state index in [4.69, 9.17) is 0 Å². The van der Waals surface area contributed by atoms with Gasteiger partial charge in [0.2, 0.25) is 0 Å². The van der Waals surface area contributed by atoms with Gasteiger partial charge in [-0.25, -0.2) is 0 Å². The molecule has 1 heteroatoms. The maximum atomic E-state index is 2.44. The van der Waals surface area contributed by atoms with Crippen molar-refractivity contribution >= 4 is 19.8 Å². The van der Waals surface area contributed by atoms with Gasteiger partial charge in [-0.2, -0.15) is 0 Å². The first-order valence-corrected chi connectivity index (χ1v) is 18.2. The predicted octanol–water partition coefficient (Wildman–Crippen LogP) is 11.2. The zero-order valence-corrected chi connectivity index (χ0v) is 23.5. The van der Waals surface area contributed by atoms with Crippen molar-refractivity contribution in [3.05, 3.63) is 33.9 Å². The molecule has 1 rings (SSSR count). The second kappa shape index (κ2) is 23.1. The number of rotatable bonds is 23. The van der Waals surface area contributed by atoms with Gasteiger partial charge in [0.15, 0.2) is 0 Å². The van der Waals surface area contributed by atoms with E-state index in [-0.39, 0.29) is 0 Å². The summed E-state index contributed by atoms with van der Waals surface area (Å²) in [6.07, 6.45) is 29.2. The molecule has 0 atom stereocenters. The molecule has 0 aliphatic heterocycles. The Kier molecular flexibility index (Phi) is 21.6. The summed E-state index contributed by atoms with van der Waals surface area (Å²) in [6, 6.07) is 11.6. The molecule has 0 heterocycles. The molecule has 0 spiro atoms. The van der Waals surface area contributed by atoms with Gasteiger partial charge in [-0.05, 0) is 0 Å². The zero-order valence-electron chi connectivity index (χ0n) is 21.3. The van der Waals surface area contributed by atoms with Gasteiger partial charge in [0.1, 0.15) is 0 Å². The van der Waals surface area contributed by atoms with Crippen molar-refractivity contribution in [3.63, 3.8) is 0 Å². The van der Waals surface area contributed by atoms with Gasteiger partial charge in [-0.3, -0.25) is 0 Å². The molecule has 0 aliphatic rings. The maximum absolute atomic E-state index is 2.44. The second-order valence-corrected chi connectivity index (χ2v) is 15.5. The minimum absolute atomic E-state index is 0.946. The van der Waals surface area contributed by atoms with Crippen LogP contribution in [0.5, 0.6) is 0 Å². The van der Waals surface area contributed by atoms with Crippen molar-refractivity contribution in [2.45, 2.75) is 142 Å². The Labute approximate surface area is 204 Å². The first-order chi connectivity index (χ1) is 15.4. The average molecular weight is 543 g/mol. The van der Waals surface area contributed by atoms with Crippen LogP contribution in [-0.2, 0) is 0 Å². The second-order valence-electron chi connectivity index (χ2n) is 9.49. The van der Waals surface area contributed by atoms with Gasteiger partial charge in [0.25, 0.3) is 0 Å². The molecule has 0 aromatic heterocycles. The molecular weight excluding hydrogens is 487 g/mol. The molecule has 0 saturated carbocycles. The molecule has 182 valence electrons. The summed E-state index contributed by atoms with van der Waals surface area (Å²) in [7, 11) is 0. The van der Waals surface area contributed by atoms with Crippen molar-refractivity contribution in [1.82, 2.24) is 0 Å². The Bertz CT molecular complexity index is 431. The summed E-state index contributed by atoms with van der Waals surface area (Å²) >= 11 is -0.946. The van der Waals surface area contributed by atoms with Crippen LogP contribution in [0.15, 0.2) is 30.3 Å². The third-order valence-corrected chi connectivity index (χ3v) is 13.1. The number of halogens is 1. The molecule has 31 heavy (non-hydrogen) atoms. The van der Waals surface area contributed by atoms with Gasteiger partial charge < -0.3 is 0 Å². The molecule has 0 aliphatic carbocycles. The van der Waals surface area contributed by atoms with E-state index in [0.717, 1.165) is 0 Å². The van der Waals surface area contributed by atoms with E-state index in [1.807, 2.05) is 0 Å². The Morgan fingerprint density at radius 2 is 0.742 bits per heavy atom. The van der Waals surface area contributed by atoms with Gasteiger partial charge in [-0.1, -0.05) is 0 Å². The fourth-order valence-corrected chi connectivity index (χ4v) is 10.5. The SMILES string of the molecule is CCCCCCCCCCCCI(CCCCCCCCCCCC)c1ccccc1. The first kappa shape index (κ1) is 29.0. The van der Waals surface area contributed by atoms with Gasteiger partial charge >= 0.3 is 205 Å². The molecule has 1 aromatic rings. The van der Waals surface area contributed by atoms with E-state index in [0.29, 0.717) is 0 Å². The fraction of sp³-hybridized carbons (Fsp3) is 0.800. The van der Waals surface area contributed by atoms with Crippen LogP contribution in [0.2, 0.25) is 0 Å². The Morgan fingerprint density at radius 3 is 1.10 bits per heavy atom. The van der Waals surface area contributed by atoms with E-state index < -0.39 is 19.8 Å². The number of alkyl halides is 2. The summed E-state index contributed by atoms with van der Waals surface area (Å²) in [5.74, 6) is 0. The predicted molar refractivity (Wildman–Crippen MR) is 153 cm³/mol. The molecule has 0 fully saturated rings. The summed E-state index contributed by atoms with van der Waals surface area (Å²) in [5.41, 5.74) is 0. The minimum atomic E-state index is -0.946. The van der Waals surface area contributed by atoms with Gasteiger partial charge in [0.05, 0.1) is 0 Å². The monoisotopic (exact) mass is 542 g/mol. The third kappa shape index (κ3) is 18.1. The summed E-state index contributed by atoms with van der Waals surface area (Å²) in [6.45, 7) is 4.62. The van der Waals surface area contributed by atoms with Crippen molar-refractivity contribution in [3.8, 4) is 0 Å². The molecule has 0 saturated heterocycles. The molecule has 0 bridgehead atoms. The van der Waals surface area contributed by atoms with Gasteiger partial charge in [0, 0.05) is 0 Å². The third-order valence-electron chi connectivity index (χ3n) is 6.47. The molecule has 0 unspecified atom stereocenters. The van der Waals surface area contributed by atoms with E-state index in [1.165, 1.54) is 128 Å². The van der Waals surface area contributed by atoms with E-state index in [1.54, 1.807) is 12.4 Å². The molecule has 0 nitrogen and oxygen atoms in total. The quantitative estimate of drug-likeness (QED) is 0.0733. The van der Waals surface area contributed by atoms with E-state index in [9.17, 15) is 0 Å². The van der Waals surface area contributed by atoms with Gasteiger partial charge in [-0.15, -0.1) is 0 Å². The Balaban J connectivity index is 2.10. The van der Waals surface area contributed by atoms with Crippen LogP contribution in [0.3, 0.4) is 0 Å². The van der Waals surface area contributed by atoms with Crippen LogP contribution in [0.4, 0.5) is 0 Å². The molecular formula is C30H55I. The van der Waals surface area contributed by atoms with Crippen LogP contribution < -0.4 is 0 Å². The van der Waals surface area contributed by atoms with Crippen molar-refractivity contribution in [2.75, 3.05) is 8.86 Å². The van der Waals surface area contributed by atoms with Crippen molar-refractivity contribution in [1.29, 1.82) is 0 Å². The van der Waals surface area contributed by atoms with Crippen molar-refractivity contribution in [2.24, 2.45) is 0 Å². The Morgan fingerprint density at radius 1 is 0.419 bits per heavy atom. The molecule has 1 aromatic carbocycles. The normalized spacial score (nSPS) is 11.7. The standard InChI is InChI=1S/C30H55I/c1-3-5-7-9-11-13-15-17-19-24-28-31(30-26-22-21-23-27-30)29-25-20-18-16-14-12-10-8-6-4-2/h21-23,26-27H,3-20,24-25,28-29H2,1-2H3. The van der Waals surface area contributed by atoms with E-state index in [2.05, 4.69) is 44.2 Å². The molecule has 0 amide bonds. The average Bonchev–Trinajstić information content (AvgIpc) is 2.80.